The number of benzene rings is 1. The van der Waals surface area contributed by atoms with E-state index in [1.54, 1.807) is 11.8 Å². The van der Waals surface area contributed by atoms with Gasteiger partial charge in [0.25, 0.3) is 0 Å². The first-order valence-electron chi connectivity index (χ1n) is 6.92. The molecule has 1 aromatic carbocycles. The molecule has 4 nitrogen and oxygen atoms in total. The predicted octanol–water partition coefficient (Wildman–Crippen LogP) is 2.89. The quantitative estimate of drug-likeness (QED) is 0.631. The molecule has 1 heterocycles. The van der Waals surface area contributed by atoms with Crippen LogP contribution in [-0.4, -0.2) is 31.5 Å². The Labute approximate surface area is 122 Å². The number of ether oxygens (including phenoxy) is 3. The third kappa shape index (κ3) is 3.03. The first kappa shape index (κ1) is 13.6. The number of thioether (sulfide) groups is 1. The van der Waals surface area contributed by atoms with Gasteiger partial charge in [0.1, 0.15) is 5.25 Å². The molecule has 20 heavy (non-hydrogen) atoms. The van der Waals surface area contributed by atoms with Crippen LogP contribution in [0.5, 0.6) is 11.5 Å². The first-order valence-corrected chi connectivity index (χ1v) is 7.80. The SMILES string of the molecule is COC(=O)C(Sc1ccc2c(c1)OCCCO2)C1CC1. The number of hydrogen-bond donors (Lipinski definition) is 0. The Morgan fingerprint density at radius 1 is 1.30 bits per heavy atom. The van der Waals surface area contributed by atoms with Crippen LogP contribution in [0.1, 0.15) is 19.3 Å². The van der Waals surface area contributed by atoms with Crippen molar-refractivity contribution in [1.82, 2.24) is 0 Å². The maximum atomic E-state index is 11.8. The van der Waals surface area contributed by atoms with Crippen molar-refractivity contribution >= 4 is 17.7 Å². The van der Waals surface area contributed by atoms with Crippen LogP contribution in [0.15, 0.2) is 23.1 Å². The molecule has 5 heteroatoms. The highest BCUT2D eigenvalue weighted by atomic mass is 32.2. The fourth-order valence-corrected chi connectivity index (χ4v) is 3.49. The van der Waals surface area contributed by atoms with Gasteiger partial charge in [-0.2, -0.15) is 0 Å². The third-order valence-electron chi connectivity index (χ3n) is 3.47. The Kier molecular flexibility index (Phi) is 4.05. The van der Waals surface area contributed by atoms with Crippen molar-refractivity contribution in [3.63, 3.8) is 0 Å². The lowest BCUT2D eigenvalue weighted by Gasteiger charge is -2.14. The summed E-state index contributed by atoms with van der Waals surface area (Å²) >= 11 is 1.56. The fourth-order valence-electron chi connectivity index (χ4n) is 2.22. The van der Waals surface area contributed by atoms with E-state index < -0.39 is 0 Å². The molecule has 0 aromatic heterocycles. The zero-order chi connectivity index (χ0) is 13.9. The maximum Gasteiger partial charge on any atom is 0.319 e. The number of hydrogen-bond acceptors (Lipinski definition) is 5. The zero-order valence-electron chi connectivity index (χ0n) is 11.5. The Balaban J connectivity index is 1.76. The Morgan fingerprint density at radius 2 is 2.05 bits per heavy atom. The summed E-state index contributed by atoms with van der Waals surface area (Å²) in [5, 5.41) is -0.107. The molecule has 0 saturated heterocycles. The van der Waals surface area contributed by atoms with Crippen molar-refractivity contribution in [3.05, 3.63) is 18.2 Å². The molecule has 1 atom stereocenters. The molecule has 1 aromatic rings. The van der Waals surface area contributed by atoms with Gasteiger partial charge >= 0.3 is 5.97 Å². The van der Waals surface area contributed by atoms with Gasteiger partial charge < -0.3 is 14.2 Å². The van der Waals surface area contributed by atoms with Gasteiger partial charge in [-0.25, -0.2) is 0 Å². The Hall–Kier alpha value is -1.36. The van der Waals surface area contributed by atoms with Gasteiger partial charge in [-0.05, 0) is 37.0 Å². The standard InChI is InChI=1S/C15H18O4S/c1-17-15(16)14(10-3-4-10)20-11-5-6-12-13(9-11)19-8-2-7-18-12/h5-6,9-10,14H,2-4,7-8H2,1H3. The van der Waals surface area contributed by atoms with E-state index in [9.17, 15) is 4.79 Å². The van der Waals surface area contributed by atoms with Crippen molar-refractivity contribution < 1.29 is 19.0 Å². The van der Waals surface area contributed by atoms with Gasteiger partial charge in [0.05, 0.1) is 20.3 Å². The summed E-state index contributed by atoms with van der Waals surface area (Å²) in [6, 6.07) is 5.87. The van der Waals surface area contributed by atoms with Crippen LogP contribution in [0.4, 0.5) is 0 Å². The smallest absolute Gasteiger partial charge is 0.319 e. The van der Waals surface area contributed by atoms with Crippen LogP contribution in [0.2, 0.25) is 0 Å². The van der Waals surface area contributed by atoms with E-state index >= 15 is 0 Å². The van der Waals surface area contributed by atoms with Gasteiger partial charge in [-0.1, -0.05) is 0 Å². The highest BCUT2D eigenvalue weighted by molar-refractivity contribution is 8.00. The molecule has 1 unspecified atom stereocenters. The summed E-state index contributed by atoms with van der Waals surface area (Å²) in [5.74, 6) is 1.87. The van der Waals surface area contributed by atoms with E-state index in [0.717, 1.165) is 35.7 Å². The first-order chi connectivity index (χ1) is 9.78. The average molecular weight is 294 g/mol. The Bertz CT molecular complexity index is 499. The number of methoxy groups -OCH3 is 1. The summed E-state index contributed by atoms with van der Waals surface area (Å²) in [6.07, 6.45) is 3.11. The molecule has 1 aliphatic heterocycles. The number of esters is 1. The van der Waals surface area contributed by atoms with Crippen LogP contribution < -0.4 is 9.47 Å². The third-order valence-corrected chi connectivity index (χ3v) is 4.82. The van der Waals surface area contributed by atoms with Crippen molar-refractivity contribution in [1.29, 1.82) is 0 Å². The van der Waals surface area contributed by atoms with Crippen molar-refractivity contribution in [2.45, 2.75) is 29.4 Å². The molecule has 3 rings (SSSR count). The second kappa shape index (κ2) is 5.95. The van der Waals surface area contributed by atoms with E-state index in [4.69, 9.17) is 14.2 Å². The van der Waals surface area contributed by atoms with Crippen molar-refractivity contribution in [2.24, 2.45) is 5.92 Å². The molecule has 0 bridgehead atoms. The van der Waals surface area contributed by atoms with Gasteiger partial charge in [0.15, 0.2) is 11.5 Å². The Morgan fingerprint density at radius 3 is 2.75 bits per heavy atom. The number of carbonyl (C=O) groups is 1. The highest BCUT2D eigenvalue weighted by Gasteiger charge is 2.37. The largest absolute Gasteiger partial charge is 0.490 e. The molecular weight excluding hydrogens is 276 g/mol. The number of fused-ring (bicyclic) bond motifs is 1. The molecule has 0 amide bonds. The summed E-state index contributed by atoms with van der Waals surface area (Å²) in [7, 11) is 1.45. The average Bonchev–Trinajstić information content (AvgIpc) is 3.30. The summed E-state index contributed by atoms with van der Waals surface area (Å²) < 4.78 is 16.2. The molecule has 108 valence electrons. The van der Waals surface area contributed by atoms with Gasteiger partial charge in [-0.15, -0.1) is 11.8 Å². The van der Waals surface area contributed by atoms with Crippen molar-refractivity contribution in [2.75, 3.05) is 20.3 Å². The normalized spacial score (nSPS) is 19.1. The van der Waals surface area contributed by atoms with E-state index in [1.165, 1.54) is 7.11 Å². The second-order valence-electron chi connectivity index (χ2n) is 5.06. The van der Waals surface area contributed by atoms with Gasteiger partial charge in [0, 0.05) is 11.3 Å². The lowest BCUT2D eigenvalue weighted by atomic mass is 10.3. The minimum Gasteiger partial charge on any atom is -0.490 e. The molecule has 1 saturated carbocycles. The minimum absolute atomic E-state index is 0.107. The lowest BCUT2D eigenvalue weighted by molar-refractivity contribution is -0.140. The maximum absolute atomic E-state index is 11.8. The zero-order valence-corrected chi connectivity index (χ0v) is 12.3. The molecule has 1 aliphatic carbocycles. The molecular formula is C15H18O4S. The van der Waals surface area contributed by atoms with E-state index in [-0.39, 0.29) is 11.2 Å². The highest BCUT2D eigenvalue weighted by Crippen LogP contribution is 2.44. The van der Waals surface area contributed by atoms with Crippen LogP contribution in [0.25, 0.3) is 0 Å². The topological polar surface area (TPSA) is 44.8 Å². The summed E-state index contributed by atoms with van der Waals surface area (Å²) in [4.78, 5) is 12.9. The molecule has 0 spiro atoms. The van der Waals surface area contributed by atoms with Crippen LogP contribution in [0.3, 0.4) is 0 Å². The van der Waals surface area contributed by atoms with Gasteiger partial charge in [-0.3, -0.25) is 4.79 Å². The molecule has 0 radical (unpaired) electrons. The lowest BCUT2D eigenvalue weighted by Crippen LogP contribution is -2.20. The van der Waals surface area contributed by atoms with E-state index in [1.807, 2.05) is 18.2 Å². The van der Waals surface area contributed by atoms with Crippen LogP contribution >= 0.6 is 11.8 Å². The minimum atomic E-state index is -0.135. The predicted molar refractivity (Wildman–Crippen MR) is 76.4 cm³/mol. The monoisotopic (exact) mass is 294 g/mol. The van der Waals surface area contributed by atoms with Crippen LogP contribution in [-0.2, 0) is 9.53 Å². The molecule has 0 N–H and O–H groups in total. The number of rotatable bonds is 4. The van der Waals surface area contributed by atoms with Crippen LogP contribution in [0, 0.1) is 5.92 Å². The molecule has 2 aliphatic rings. The van der Waals surface area contributed by atoms with Crippen molar-refractivity contribution in [3.8, 4) is 11.5 Å². The van der Waals surface area contributed by atoms with E-state index in [0.29, 0.717) is 19.1 Å². The summed E-state index contributed by atoms with van der Waals surface area (Å²) in [5.41, 5.74) is 0. The van der Waals surface area contributed by atoms with E-state index in [2.05, 4.69) is 0 Å². The fraction of sp³-hybridized carbons (Fsp3) is 0.533. The van der Waals surface area contributed by atoms with Gasteiger partial charge in [0.2, 0.25) is 0 Å². The number of carbonyl (C=O) groups excluding carboxylic acids is 1. The molecule has 1 fully saturated rings. The summed E-state index contributed by atoms with van der Waals surface area (Å²) in [6.45, 7) is 1.36. The second-order valence-corrected chi connectivity index (χ2v) is 6.27.